The minimum atomic E-state index is -0.520. The molecule has 0 spiro atoms. The van der Waals surface area contributed by atoms with E-state index in [1.165, 1.54) is 18.4 Å². The Hall–Kier alpha value is -3.80. The molecule has 3 aromatic rings. The van der Waals surface area contributed by atoms with Crippen molar-refractivity contribution in [2.24, 2.45) is 0 Å². The van der Waals surface area contributed by atoms with Crippen LogP contribution in [0.4, 0.5) is 0 Å². The van der Waals surface area contributed by atoms with Gasteiger partial charge in [-0.15, -0.1) is 0 Å². The predicted molar refractivity (Wildman–Crippen MR) is 96.0 cm³/mol. The Kier molecular flexibility index (Phi) is 4.22. The first-order chi connectivity index (χ1) is 13.1. The molecule has 1 aliphatic heterocycles. The van der Waals surface area contributed by atoms with Gasteiger partial charge < -0.3 is 18.6 Å². The van der Waals surface area contributed by atoms with Gasteiger partial charge in [-0.3, -0.25) is 4.79 Å². The number of carbonyl (C=O) groups is 2. The third-order valence-electron chi connectivity index (χ3n) is 3.99. The van der Waals surface area contributed by atoms with Gasteiger partial charge in [-0.1, -0.05) is 0 Å². The lowest BCUT2D eigenvalue weighted by molar-refractivity contribution is 0.0734. The lowest BCUT2D eigenvalue weighted by Crippen LogP contribution is -2.08. The molecule has 0 atom stereocenters. The summed E-state index contributed by atoms with van der Waals surface area (Å²) in [5.74, 6) is 1.14. The van der Waals surface area contributed by atoms with Crippen LogP contribution in [0.2, 0.25) is 0 Å². The van der Waals surface area contributed by atoms with Gasteiger partial charge in [0.2, 0.25) is 5.78 Å². The highest BCUT2D eigenvalue weighted by Gasteiger charge is 2.28. The minimum Gasteiger partial charge on any atom is -0.497 e. The number of ketones is 1. The van der Waals surface area contributed by atoms with Gasteiger partial charge in [-0.25, -0.2) is 4.79 Å². The Balaban J connectivity index is 1.52. The van der Waals surface area contributed by atoms with Crippen LogP contribution in [0, 0.1) is 0 Å². The van der Waals surface area contributed by atoms with Crippen LogP contribution in [0.3, 0.4) is 0 Å². The summed E-state index contributed by atoms with van der Waals surface area (Å²) in [5.41, 5.74) is 0.781. The second-order valence-electron chi connectivity index (χ2n) is 5.73. The first-order valence-electron chi connectivity index (χ1n) is 8.12. The predicted octanol–water partition coefficient (Wildman–Crippen LogP) is 4.12. The Morgan fingerprint density at radius 3 is 2.52 bits per heavy atom. The van der Waals surface area contributed by atoms with Crippen molar-refractivity contribution in [1.82, 2.24) is 0 Å². The number of carbonyl (C=O) groups excluding carboxylic acids is 2. The monoisotopic (exact) mass is 362 g/mol. The van der Waals surface area contributed by atoms with Crippen LogP contribution in [-0.4, -0.2) is 18.9 Å². The van der Waals surface area contributed by atoms with Crippen molar-refractivity contribution in [3.05, 3.63) is 83.5 Å². The molecule has 0 N–H and O–H groups in total. The van der Waals surface area contributed by atoms with E-state index in [2.05, 4.69) is 0 Å². The van der Waals surface area contributed by atoms with E-state index in [1.54, 1.807) is 55.6 Å². The van der Waals surface area contributed by atoms with Gasteiger partial charge in [-0.2, -0.15) is 0 Å². The first kappa shape index (κ1) is 16.7. The van der Waals surface area contributed by atoms with E-state index in [0.717, 1.165) is 0 Å². The summed E-state index contributed by atoms with van der Waals surface area (Å²) >= 11 is 0. The van der Waals surface area contributed by atoms with Crippen LogP contribution in [0.1, 0.15) is 26.5 Å². The van der Waals surface area contributed by atoms with Gasteiger partial charge in [0, 0.05) is 12.1 Å². The minimum absolute atomic E-state index is 0.151. The van der Waals surface area contributed by atoms with Gasteiger partial charge in [0.1, 0.15) is 23.0 Å². The first-order valence-corrected chi connectivity index (χ1v) is 8.12. The van der Waals surface area contributed by atoms with Crippen molar-refractivity contribution in [2.45, 2.75) is 0 Å². The Bertz CT molecular complexity index is 1030. The van der Waals surface area contributed by atoms with Crippen LogP contribution in [0.15, 0.2) is 71.0 Å². The zero-order valence-electron chi connectivity index (χ0n) is 14.3. The molecule has 6 heteroatoms. The van der Waals surface area contributed by atoms with E-state index in [0.29, 0.717) is 28.4 Å². The molecule has 0 saturated heterocycles. The van der Waals surface area contributed by atoms with Crippen LogP contribution < -0.4 is 14.2 Å². The van der Waals surface area contributed by atoms with E-state index in [1.807, 2.05) is 0 Å². The summed E-state index contributed by atoms with van der Waals surface area (Å²) in [6.45, 7) is 0. The normalized spacial score (nSPS) is 14.0. The number of Topliss-reactive ketones (excluding diaryl/α,β-unsaturated/α-hetero) is 1. The topological polar surface area (TPSA) is 75.0 Å². The number of allylic oxidation sites excluding steroid dienone is 1. The van der Waals surface area contributed by atoms with Gasteiger partial charge in [0.05, 0.1) is 24.5 Å². The molecule has 0 radical (unpaired) electrons. The number of methoxy groups -OCH3 is 1. The lowest BCUT2D eigenvalue weighted by Gasteiger charge is -2.06. The summed E-state index contributed by atoms with van der Waals surface area (Å²) in [4.78, 5) is 24.6. The molecule has 0 bridgehead atoms. The molecule has 0 aliphatic carbocycles. The molecule has 1 aliphatic rings. The van der Waals surface area contributed by atoms with Crippen LogP contribution in [0.25, 0.3) is 6.08 Å². The third-order valence-corrected chi connectivity index (χ3v) is 3.99. The highest BCUT2D eigenvalue weighted by atomic mass is 16.5. The summed E-state index contributed by atoms with van der Waals surface area (Å²) in [6.07, 6.45) is 3.03. The fourth-order valence-corrected chi connectivity index (χ4v) is 2.63. The van der Waals surface area contributed by atoms with Crippen LogP contribution in [-0.2, 0) is 0 Å². The summed E-state index contributed by atoms with van der Waals surface area (Å²) < 4.78 is 21.2. The number of benzene rings is 2. The number of hydrogen-bond acceptors (Lipinski definition) is 6. The Labute approximate surface area is 154 Å². The number of rotatable bonds is 4. The number of furan rings is 1. The Morgan fingerprint density at radius 2 is 1.81 bits per heavy atom. The summed E-state index contributed by atoms with van der Waals surface area (Å²) in [7, 11) is 1.55. The van der Waals surface area contributed by atoms with Gasteiger partial charge in [0.25, 0.3) is 0 Å². The summed E-state index contributed by atoms with van der Waals surface area (Å²) in [5, 5.41) is 0. The largest absolute Gasteiger partial charge is 0.497 e. The second kappa shape index (κ2) is 6.84. The van der Waals surface area contributed by atoms with Crippen molar-refractivity contribution in [1.29, 1.82) is 0 Å². The van der Waals surface area contributed by atoms with Gasteiger partial charge >= 0.3 is 5.97 Å². The number of esters is 1. The number of ether oxygens (including phenoxy) is 3. The molecule has 4 rings (SSSR count). The van der Waals surface area contributed by atoms with Crippen molar-refractivity contribution >= 4 is 17.8 Å². The maximum atomic E-state index is 12.4. The second-order valence-corrected chi connectivity index (χ2v) is 5.73. The molecular weight excluding hydrogens is 348 g/mol. The molecule has 0 unspecified atom stereocenters. The number of fused-ring (bicyclic) bond motifs is 1. The standard InChI is InChI=1S/C21H14O6/c1-24-14-6-4-13(5-7-14)21(23)26-16-8-9-17-18(12-16)27-19(20(17)22)11-15-3-2-10-25-15/h2-12H,1H3/b19-11-. The molecule has 0 amide bonds. The zero-order valence-corrected chi connectivity index (χ0v) is 14.3. The highest BCUT2D eigenvalue weighted by molar-refractivity contribution is 6.14. The van der Waals surface area contributed by atoms with Crippen molar-refractivity contribution < 1.29 is 28.2 Å². The zero-order chi connectivity index (χ0) is 18.8. The van der Waals surface area contributed by atoms with E-state index in [9.17, 15) is 9.59 Å². The maximum Gasteiger partial charge on any atom is 0.343 e. The van der Waals surface area contributed by atoms with E-state index >= 15 is 0 Å². The van der Waals surface area contributed by atoms with Crippen molar-refractivity contribution in [3.8, 4) is 17.2 Å². The Morgan fingerprint density at radius 1 is 1.04 bits per heavy atom. The highest BCUT2D eigenvalue weighted by Crippen LogP contribution is 2.35. The molecule has 2 heterocycles. The van der Waals surface area contributed by atoms with Gasteiger partial charge in [0.15, 0.2) is 5.76 Å². The SMILES string of the molecule is COc1ccc(C(=O)Oc2ccc3c(c2)O/C(=C\c2ccco2)C3=O)cc1. The average molecular weight is 362 g/mol. The molecule has 0 fully saturated rings. The molecule has 6 nitrogen and oxygen atoms in total. The summed E-state index contributed by atoms with van der Waals surface area (Å²) in [6, 6.07) is 14.6. The molecular formula is C21H14O6. The maximum absolute atomic E-state index is 12.4. The number of hydrogen-bond donors (Lipinski definition) is 0. The molecule has 27 heavy (non-hydrogen) atoms. The van der Waals surface area contributed by atoms with E-state index < -0.39 is 5.97 Å². The fourth-order valence-electron chi connectivity index (χ4n) is 2.63. The van der Waals surface area contributed by atoms with Crippen molar-refractivity contribution in [3.63, 3.8) is 0 Å². The molecule has 0 saturated carbocycles. The molecule has 2 aromatic carbocycles. The van der Waals surface area contributed by atoms with E-state index in [-0.39, 0.29) is 17.3 Å². The quantitative estimate of drug-likeness (QED) is 0.395. The smallest absolute Gasteiger partial charge is 0.343 e. The average Bonchev–Trinajstić information content (AvgIpc) is 3.30. The van der Waals surface area contributed by atoms with Crippen molar-refractivity contribution in [2.75, 3.05) is 7.11 Å². The van der Waals surface area contributed by atoms with Crippen LogP contribution in [0.5, 0.6) is 17.2 Å². The van der Waals surface area contributed by atoms with E-state index in [4.69, 9.17) is 18.6 Å². The fraction of sp³-hybridized carbons (Fsp3) is 0.0476. The third kappa shape index (κ3) is 3.32. The van der Waals surface area contributed by atoms with Gasteiger partial charge in [-0.05, 0) is 48.5 Å². The van der Waals surface area contributed by atoms with Crippen LogP contribution >= 0.6 is 0 Å². The lowest BCUT2D eigenvalue weighted by atomic mass is 10.1. The molecule has 1 aromatic heterocycles. The molecule has 134 valence electrons.